The molecule has 0 unspecified atom stereocenters. The predicted molar refractivity (Wildman–Crippen MR) is 64.7 cm³/mol. The Bertz CT molecular complexity index is 468. The lowest BCUT2D eigenvalue weighted by Crippen LogP contribution is -2.08. The number of carbonyl (C=O) groups is 1. The second-order valence-corrected chi connectivity index (χ2v) is 3.64. The number of pyridine rings is 1. The molecule has 0 aliphatic heterocycles. The van der Waals surface area contributed by atoms with Crippen LogP contribution in [0.1, 0.15) is 15.9 Å². The molecule has 3 nitrogen and oxygen atoms in total. The van der Waals surface area contributed by atoms with Gasteiger partial charge in [-0.05, 0) is 17.7 Å². The molecule has 0 amide bonds. The highest BCUT2D eigenvalue weighted by Gasteiger charge is 2.04. The van der Waals surface area contributed by atoms with Gasteiger partial charge in [0.2, 0.25) is 0 Å². The van der Waals surface area contributed by atoms with Crippen LogP contribution in [0.5, 0.6) is 0 Å². The minimum absolute atomic E-state index is 0.000318. The lowest BCUT2D eigenvalue weighted by atomic mass is 10.1. The van der Waals surface area contributed by atoms with Gasteiger partial charge in [-0.1, -0.05) is 30.3 Å². The van der Waals surface area contributed by atoms with Crippen molar-refractivity contribution in [2.24, 2.45) is 0 Å². The highest BCUT2D eigenvalue weighted by molar-refractivity contribution is 5.96. The molecule has 0 bridgehead atoms. The first-order chi connectivity index (χ1) is 8.36. The van der Waals surface area contributed by atoms with Crippen LogP contribution in [0, 0.1) is 0 Å². The molecule has 1 heterocycles. The minimum atomic E-state index is -0.000318. The maximum Gasteiger partial charge on any atom is 0.188 e. The summed E-state index contributed by atoms with van der Waals surface area (Å²) < 4.78 is 5.36. The maximum absolute atomic E-state index is 11.7. The van der Waals surface area contributed by atoms with Crippen molar-refractivity contribution in [2.45, 2.75) is 6.61 Å². The third kappa shape index (κ3) is 3.50. The van der Waals surface area contributed by atoms with E-state index in [2.05, 4.69) is 4.98 Å². The van der Waals surface area contributed by atoms with Crippen LogP contribution in [0.15, 0.2) is 54.9 Å². The molecule has 3 heteroatoms. The molecule has 17 heavy (non-hydrogen) atoms. The van der Waals surface area contributed by atoms with Gasteiger partial charge >= 0.3 is 0 Å². The standard InChI is InChI=1S/C14H13NO2/c16-14(13-4-2-1-3-5-13)11-17-10-12-6-8-15-9-7-12/h1-9H,10-11H2. The van der Waals surface area contributed by atoms with Gasteiger partial charge < -0.3 is 4.74 Å². The van der Waals surface area contributed by atoms with Crippen LogP contribution in [0.3, 0.4) is 0 Å². The normalized spacial score (nSPS) is 10.1. The molecule has 0 saturated carbocycles. The molecular formula is C14H13NO2. The third-order valence-corrected chi connectivity index (χ3v) is 2.35. The number of benzene rings is 1. The Balaban J connectivity index is 1.82. The molecule has 1 aromatic carbocycles. The number of nitrogens with zero attached hydrogens (tertiary/aromatic N) is 1. The van der Waals surface area contributed by atoms with E-state index in [0.717, 1.165) is 5.56 Å². The number of ketones is 1. The van der Waals surface area contributed by atoms with Crippen molar-refractivity contribution < 1.29 is 9.53 Å². The zero-order valence-corrected chi connectivity index (χ0v) is 9.37. The van der Waals surface area contributed by atoms with E-state index >= 15 is 0 Å². The van der Waals surface area contributed by atoms with Gasteiger partial charge in [0.05, 0.1) is 6.61 Å². The van der Waals surface area contributed by atoms with Crippen LogP contribution < -0.4 is 0 Å². The largest absolute Gasteiger partial charge is 0.369 e. The van der Waals surface area contributed by atoms with Crippen LogP contribution >= 0.6 is 0 Å². The van der Waals surface area contributed by atoms with Gasteiger partial charge in [-0.15, -0.1) is 0 Å². The van der Waals surface area contributed by atoms with Gasteiger partial charge in [-0.3, -0.25) is 9.78 Å². The van der Waals surface area contributed by atoms with Gasteiger partial charge in [-0.2, -0.15) is 0 Å². The molecule has 0 saturated heterocycles. The number of ether oxygens (including phenoxy) is 1. The smallest absolute Gasteiger partial charge is 0.188 e. The second kappa shape index (κ2) is 5.92. The molecule has 0 radical (unpaired) electrons. The maximum atomic E-state index is 11.7. The molecule has 0 fully saturated rings. The zero-order valence-electron chi connectivity index (χ0n) is 9.37. The lowest BCUT2D eigenvalue weighted by Gasteiger charge is -2.03. The third-order valence-electron chi connectivity index (χ3n) is 2.35. The number of hydrogen-bond donors (Lipinski definition) is 0. The molecule has 0 aliphatic rings. The van der Waals surface area contributed by atoms with Crippen molar-refractivity contribution >= 4 is 5.78 Å². The Hall–Kier alpha value is -2.00. The fourth-order valence-electron chi connectivity index (χ4n) is 1.45. The van der Waals surface area contributed by atoms with Crippen LogP contribution in [0.2, 0.25) is 0 Å². The van der Waals surface area contributed by atoms with Crippen LogP contribution in [-0.4, -0.2) is 17.4 Å². The molecule has 1 aromatic heterocycles. The number of carbonyl (C=O) groups excluding carboxylic acids is 1. The highest BCUT2D eigenvalue weighted by atomic mass is 16.5. The predicted octanol–water partition coefficient (Wildman–Crippen LogP) is 2.48. The molecule has 86 valence electrons. The monoisotopic (exact) mass is 227 g/mol. The van der Waals surface area contributed by atoms with E-state index in [1.54, 1.807) is 24.5 Å². The molecule has 2 rings (SSSR count). The number of Topliss-reactive ketones (excluding diaryl/α,β-unsaturated/α-hetero) is 1. The average molecular weight is 227 g/mol. The summed E-state index contributed by atoms with van der Waals surface area (Å²) in [5.41, 5.74) is 1.70. The first kappa shape index (κ1) is 11.5. The van der Waals surface area contributed by atoms with Crippen LogP contribution in [0.25, 0.3) is 0 Å². The Kier molecular flexibility index (Phi) is 4.00. The topological polar surface area (TPSA) is 39.2 Å². The molecule has 0 spiro atoms. The van der Waals surface area contributed by atoms with Crippen LogP contribution in [-0.2, 0) is 11.3 Å². The highest BCUT2D eigenvalue weighted by Crippen LogP contribution is 2.03. The SMILES string of the molecule is O=C(COCc1ccncc1)c1ccccc1. The quantitative estimate of drug-likeness (QED) is 0.737. The number of hydrogen-bond acceptors (Lipinski definition) is 3. The van der Waals surface area contributed by atoms with Gasteiger partial charge in [0.1, 0.15) is 6.61 Å². The summed E-state index contributed by atoms with van der Waals surface area (Å²) >= 11 is 0. The summed E-state index contributed by atoms with van der Waals surface area (Å²) in [6.45, 7) is 0.535. The van der Waals surface area contributed by atoms with Crippen molar-refractivity contribution in [1.29, 1.82) is 0 Å². The Morgan fingerprint density at radius 3 is 2.47 bits per heavy atom. The summed E-state index contributed by atoms with van der Waals surface area (Å²) in [6, 6.07) is 12.9. The van der Waals surface area contributed by atoms with E-state index in [9.17, 15) is 4.79 Å². The van der Waals surface area contributed by atoms with E-state index in [1.165, 1.54) is 0 Å². The molecule has 0 aliphatic carbocycles. The average Bonchev–Trinajstić information content (AvgIpc) is 2.41. The van der Waals surface area contributed by atoms with Gasteiger partial charge in [-0.25, -0.2) is 0 Å². The zero-order chi connectivity index (χ0) is 11.9. The van der Waals surface area contributed by atoms with Gasteiger partial charge in [0.25, 0.3) is 0 Å². The second-order valence-electron chi connectivity index (χ2n) is 3.64. The Morgan fingerprint density at radius 1 is 1.06 bits per heavy atom. The number of aromatic nitrogens is 1. The summed E-state index contributed by atoms with van der Waals surface area (Å²) in [6.07, 6.45) is 3.41. The van der Waals surface area contributed by atoms with E-state index in [0.29, 0.717) is 12.2 Å². The fourth-order valence-corrected chi connectivity index (χ4v) is 1.45. The molecule has 2 aromatic rings. The van der Waals surface area contributed by atoms with Crippen molar-refractivity contribution in [2.75, 3.05) is 6.61 Å². The van der Waals surface area contributed by atoms with E-state index in [-0.39, 0.29) is 12.4 Å². The fraction of sp³-hybridized carbons (Fsp3) is 0.143. The molecule has 0 N–H and O–H groups in total. The minimum Gasteiger partial charge on any atom is -0.369 e. The lowest BCUT2D eigenvalue weighted by molar-refractivity contribution is 0.0726. The van der Waals surface area contributed by atoms with Crippen molar-refractivity contribution in [1.82, 2.24) is 4.98 Å². The van der Waals surface area contributed by atoms with Crippen LogP contribution in [0.4, 0.5) is 0 Å². The summed E-state index contributed by atoms with van der Waals surface area (Å²) in [5, 5.41) is 0. The Morgan fingerprint density at radius 2 is 1.76 bits per heavy atom. The first-order valence-corrected chi connectivity index (χ1v) is 5.41. The van der Waals surface area contributed by atoms with Gasteiger partial charge in [0, 0.05) is 18.0 Å². The van der Waals surface area contributed by atoms with E-state index in [1.807, 2.05) is 30.3 Å². The summed E-state index contributed by atoms with van der Waals surface area (Å²) in [7, 11) is 0. The van der Waals surface area contributed by atoms with Crippen molar-refractivity contribution in [3.8, 4) is 0 Å². The Labute approximate surface area is 100 Å². The van der Waals surface area contributed by atoms with E-state index in [4.69, 9.17) is 4.74 Å². The first-order valence-electron chi connectivity index (χ1n) is 5.41. The van der Waals surface area contributed by atoms with Gasteiger partial charge in [0.15, 0.2) is 5.78 Å². The van der Waals surface area contributed by atoms with E-state index < -0.39 is 0 Å². The molecular weight excluding hydrogens is 214 g/mol. The summed E-state index contributed by atoms with van der Waals surface area (Å²) in [5.74, 6) is -0.000318. The molecule has 0 atom stereocenters. The number of rotatable bonds is 5. The van der Waals surface area contributed by atoms with Crippen molar-refractivity contribution in [3.63, 3.8) is 0 Å². The summed E-state index contributed by atoms with van der Waals surface area (Å²) in [4.78, 5) is 15.6. The van der Waals surface area contributed by atoms with Crippen molar-refractivity contribution in [3.05, 3.63) is 66.0 Å².